The zero-order valence-electron chi connectivity index (χ0n) is 12.1. The van der Waals surface area contributed by atoms with Gasteiger partial charge < -0.3 is 20.5 Å². The molecular weight excluding hydrogens is 264 g/mol. The zero-order valence-corrected chi connectivity index (χ0v) is 12.1. The first-order chi connectivity index (χ1) is 10.3. The first-order valence-electron chi connectivity index (χ1n) is 7.17. The van der Waals surface area contributed by atoms with E-state index in [4.69, 9.17) is 15.2 Å². The average Bonchev–Trinajstić information content (AvgIpc) is 2.53. The van der Waals surface area contributed by atoms with E-state index >= 15 is 0 Å². The van der Waals surface area contributed by atoms with Gasteiger partial charge in [-0.2, -0.15) is 0 Å². The summed E-state index contributed by atoms with van der Waals surface area (Å²) in [6.45, 7) is 0.591. The Balaban J connectivity index is 1.65. The van der Waals surface area contributed by atoms with Crippen molar-refractivity contribution >= 4 is 11.4 Å². The quantitative estimate of drug-likeness (QED) is 0.847. The molecule has 1 heterocycles. The molecule has 3 N–H and O–H groups in total. The normalized spacial score (nSPS) is 16.7. The monoisotopic (exact) mass is 284 g/mol. The van der Waals surface area contributed by atoms with Gasteiger partial charge in [0.15, 0.2) is 11.5 Å². The molecule has 1 aliphatic heterocycles. The summed E-state index contributed by atoms with van der Waals surface area (Å²) in [4.78, 5) is 0. The van der Waals surface area contributed by atoms with Gasteiger partial charge >= 0.3 is 0 Å². The SMILES string of the molecule is COc1ccc(N)cc1OC[C@@H]1CCc2ccccc2N1. The van der Waals surface area contributed by atoms with Gasteiger partial charge in [-0.3, -0.25) is 0 Å². The Morgan fingerprint density at radius 1 is 1.19 bits per heavy atom. The van der Waals surface area contributed by atoms with Crippen molar-refractivity contribution in [3.63, 3.8) is 0 Å². The number of nitrogen functional groups attached to an aromatic ring is 1. The summed E-state index contributed by atoms with van der Waals surface area (Å²) < 4.78 is 11.2. The number of para-hydroxylation sites is 1. The summed E-state index contributed by atoms with van der Waals surface area (Å²) in [6.07, 6.45) is 2.13. The molecule has 0 fully saturated rings. The number of hydrogen-bond donors (Lipinski definition) is 2. The van der Waals surface area contributed by atoms with Crippen LogP contribution in [0.5, 0.6) is 11.5 Å². The molecule has 0 saturated heterocycles. The number of fused-ring (bicyclic) bond motifs is 1. The average molecular weight is 284 g/mol. The first kappa shape index (κ1) is 13.6. The van der Waals surface area contributed by atoms with E-state index in [1.165, 1.54) is 11.3 Å². The summed E-state index contributed by atoms with van der Waals surface area (Å²) in [7, 11) is 1.63. The molecular formula is C17H20N2O2. The van der Waals surface area contributed by atoms with Crippen LogP contribution in [0.2, 0.25) is 0 Å². The van der Waals surface area contributed by atoms with Crippen molar-refractivity contribution in [2.75, 3.05) is 24.8 Å². The number of aryl methyl sites for hydroxylation is 1. The summed E-state index contributed by atoms with van der Waals surface area (Å²) in [5, 5.41) is 3.52. The van der Waals surface area contributed by atoms with Crippen LogP contribution in [0.4, 0.5) is 11.4 Å². The van der Waals surface area contributed by atoms with E-state index in [2.05, 4.69) is 29.6 Å². The summed E-state index contributed by atoms with van der Waals surface area (Å²) >= 11 is 0. The number of hydrogen-bond acceptors (Lipinski definition) is 4. The molecule has 0 radical (unpaired) electrons. The third kappa shape index (κ3) is 3.05. The minimum absolute atomic E-state index is 0.297. The lowest BCUT2D eigenvalue weighted by Crippen LogP contribution is -2.31. The molecule has 2 aromatic rings. The van der Waals surface area contributed by atoms with Gasteiger partial charge in [-0.05, 0) is 36.6 Å². The molecule has 0 bridgehead atoms. The Hall–Kier alpha value is -2.36. The van der Waals surface area contributed by atoms with Gasteiger partial charge in [0.1, 0.15) is 6.61 Å². The lowest BCUT2D eigenvalue weighted by atomic mass is 9.99. The maximum atomic E-state index is 5.90. The smallest absolute Gasteiger partial charge is 0.163 e. The molecule has 1 aliphatic rings. The van der Waals surface area contributed by atoms with Crippen LogP contribution < -0.4 is 20.5 Å². The van der Waals surface area contributed by atoms with Gasteiger partial charge in [-0.25, -0.2) is 0 Å². The van der Waals surface area contributed by atoms with Gasteiger partial charge in [0.2, 0.25) is 0 Å². The number of methoxy groups -OCH3 is 1. The highest BCUT2D eigenvalue weighted by Crippen LogP contribution is 2.30. The second kappa shape index (κ2) is 5.95. The Bertz CT molecular complexity index is 628. The largest absolute Gasteiger partial charge is 0.493 e. The number of benzene rings is 2. The van der Waals surface area contributed by atoms with Crippen LogP contribution in [0.15, 0.2) is 42.5 Å². The molecule has 1 atom stereocenters. The molecule has 4 nitrogen and oxygen atoms in total. The van der Waals surface area contributed by atoms with E-state index in [9.17, 15) is 0 Å². The Morgan fingerprint density at radius 2 is 2.05 bits per heavy atom. The molecule has 0 aliphatic carbocycles. The minimum Gasteiger partial charge on any atom is -0.493 e. The van der Waals surface area contributed by atoms with Gasteiger partial charge in [0.05, 0.1) is 13.2 Å². The topological polar surface area (TPSA) is 56.5 Å². The standard InChI is InChI=1S/C17H20N2O2/c1-20-16-9-7-13(18)10-17(16)21-11-14-8-6-12-4-2-3-5-15(12)19-14/h2-5,7,9-10,14,19H,6,8,11,18H2,1H3/t14-/m0/s1. The minimum atomic E-state index is 0.297. The third-order valence-electron chi connectivity index (χ3n) is 3.77. The second-order valence-corrected chi connectivity index (χ2v) is 5.26. The Kier molecular flexibility index (Phi) is 3.86. The van der Waals surface area contributed by atoms with Crippen LogP contribution >= 0.6 is 0 Å². The van der Waals surface area contributed by atoms with Crippen molar-refractivity contribution in [2.24, 2.45) is 0 Å². The van der Waals surface area contributed by atoms with Crippen LogP contribution in [0.3, 0.4) is 0 Å². The molecule has 0 spiro atoms. The number of nitrogens with one attached hydrogen (secondary N) is 1. The fraction of sp³-hybridized carbons (Fsp3) is 0.294. The fourth-order valence-corrected chi connectivity index (χ4v) is 2.62. The second-order valence-electron chi connectivity index (χ2n) is 5.26. The molecule has 0 amide bonds. The van der Waals surface area contributed by atoms with Crippen molar-refractivity contribution in [3.05, 3.63) is 48.0 Å². The third-order valence-corrected chi connectivity index (χ3v) is 3.77. The van der Waals surface area contributed by atoms with Crippen LogP contribution in [0.25, 0.3) is 0 Å². The zero-order chi connectivity index (χ0) is 14.7. The first-order valence-corrected chi connectivity index (χ1v) is 7.17. The van der Waals surface area contributed by atoms with E-state index in [0.717, 1.165) is 12.8 Å². The summed E-state index contributed by atoms with van der Waals surface area (Å²) in [6, 6.07) is 14.1. The maximum absolute atomic E-state index is 5.90. The van der Waals surface area contributed by atoms with Gasteiger partial charge in [-0.15, -0.1) is 0 Å². The van der Waals surface area contributed by atoms with E-state index in [0.29, 0.717) is 29.8 Å². The highest BCUT2D eigenvalue weighted by atomic mass is 16.5. The predicted molar refractivity (Wildman–Crippen MR) is 85.1 cm³/mol. The Morgan fingerprint density at radius 3 is 2.90 bits per heavy atom. The highest BCUT2D eigenvalue weighted by Gasteiger charge is 2.18. The summed E-state index contributed by atoms with van der Waals surface area (Å²) in [5.41, 5.74) is 9.05. The van der Waals surface area contributed by atoms with Crippen LogP contribution in [-0.2, 0) is 6.42 Å². The molecule has 0 unspecified atom stereocenters. The molecule has 21 heavy (non-hydrogen) atoms. The van der Waals surface area contributed by atoms with Crippen LogP contribution in [-0.4, -0.2) is 19.8 Å². The molecule has 0 aromatic heterocycles. The highest BCUT2D eigenvalue weighted by molar-refractivity contribution is 5.54. The number of nitrogens with two attached hydrogens (primary N) is 1. The maximum Gasteiger partial charge on any atom is 0.163 e. The molecule has 0 saturated carbocycles. The molecule has 3 rings (SSSR count). The van der Waals surface area contributed by atoms with Crippen molar-refractivity contribution in [1.82, 2.24) is 0 Å². The van der Waals surface area contributed by atoms with Crippen LogP contribution in [0.1, 0.15) is 12.0 Å². The van der Waals surface area contributed by atoms with E-state index < -0.39 is 0 Å². The van der Waals surface area contributed by atoms with E-state index in [-0.39, 0.29) is 0 Å². The van der Waals surface area contributed by atoms with Gasteiger partial charge in [-0.1, -0.05) is 18.2 Å². The number of ether oxygens (including phenoxy) is 2. The number of rotatable bonds is 4. The lowest BCUT2D eigenvalue weighted by molar-refractivity contribution is 0.272. The van der Waals surface area contributed by atoms with Crippen molar-refractivity contribution in [2.45, 2.75) is 18.9 Å². The predicted octanol–water partition coefficient (Wildman–Crippen LogP) is 3.08. The van der Waals surface area contributed by atoms with Gasteiger partial charge in [0, 0.05) is 17.4 Å². The number of anilines is 2. The Labute approximate surface area is 124 Å². The van der Waals surface area contributed by atoms with Gasteiger partial charge in [0.25, 0.3) is 0 Å². The van der Waals surface area contributed by atoms with Crippen molar-refractivity contribution < 1.29 is 9.47 Å². The lowest BCUT2D eigenvalue weighted by Gasteiger charge is -2.27. The fourth-order valence-electron chi connectivity index (χ4n) is 2.62. The molecule has 2 aromatic carbocycles. The summed E-state index contributed by atoms with van der Waals surface area (Å²) in [5.74, 6) is 1.40. The van der Waals surface area contributed by atoms with Crippen molar-refractivity contribution in [3.8, 4) is 11.5 Å². The van der Waals surface area contributed by atoms with Crippen LogP contribution in [0, 0.1) is 0 Å². The molecule has 110 valence electrons. The molecule has 4 heteroatoms. The van der Waals surface area contributed by atoms with Crippen molar-refractivity contribution in [1.29, 1.82) is 0 Å². The van der Waals surface area contributed by atoms with E-state index in [1.807, 2.05) is 6.07 Å². The van der Waals surface area contributed by atoms with E-state index in [1.54, 1.807) is 19.2 Å².